The minimum atomic E-state index is -0.236. The molecule has 3 nitrogen and oxygen atoms in total. The molecule has 0 fully saturated rings. The number of nitrogens with zero attached hydrogens (tertiary/aromatic N) is 2. The summed E-state index contributed by atoms with van der Waals surface area (Å²) in [6.45, 7) is 4.52. The van der Waals surface area contributed by atoms with E-state index in [9.17, 15) is 4.39 Å². The van der Waals surface area contributed by atoms with Gasteiger partial charge in [0, 0.05) is 18.3 Å². The molecule has 0 spiro atoms. The maximum Gasteiger partial charge on any atom is 0.161 e. The van der Waals surface area contributed by atoms with Crippen LogP contribution in [0.15, 0.2) is 24.4 Å². The zero-order valence-corrected chi connectivity index (χ0v) is 12.3. The van der Waals surface area contributed by atoms with Gasteiger partial charge < -0.3 is 5.32 Å². The summed E-state index contributed by atoms with van der Waals surface area (Å²) >= 11 is 2.17. The lowest BCUT2D eigenvalue weighted by Gasteiger charge is -2.07. The van der Waals surface area contributed by atoms with Crippen molar-refractivity contribution >= 4 is 28.4 Å². The van der Waals surface area contributed by atoms with Gasteiger partial charge in [0.25, 0.3) is 0 Å². The minimum Gasteiger partial charge on any atom is -0.369 e. The van der Waals surface area contributed by atoms with E-state index in [0.29, 0.717) is 17.0 Å². The molecule has 0 atom stereocenters. The summed E-state index contributed by atoms with van der Waals surface area (Å²) in [4.78, 5) is 8.64. The van der Waals surface area contributed by atoms with Gasteiger partial charge >= 0.3 is 0 Å². The Morgan fingerprint density at radius 3 is 2.83 bits per heavy atom. The third kappa shape index (κ3) is 2.77. The van der Waals surface area contributed by atoms with Gasteiger partial charge in [0.1, 0.15) is 11.6 Å². The zero-order chi connectivity index (χ0) is 13.1. The van der Waals surface area contributed by atoms with Crippen molar-refractivity contribution in [1.29, 1.82) is 0 Å². The number of aryl methyl sites for hydroxylation is 1. The number of rotatable bonds is 3. The molecule has 0 saturated heterocycles. The standard InChI is InChI=1S/C13H13FIN3/c1-3-16-13-11(15)7-17-12(18-13)9-5-4-8(2)10(14)6-9/h4-7H,3H2,1-2H3,(H,16,17,18). The molecule has 94 valence electrons. The number of benzene rings is 1. The number of nitrogens with one attached hydrogen (secondary N) is 1. The molecule has 2 rings (SSSR count). The van der Waals surface area contributed by atoms with Crippen LogP contribution in [0, 0.1) is 16.3 Å². The summed E-state index contributed by atoms with van der Waals surface area (Å²) in [7, 11) is 0. The smallest absolute Gasteiger partial charge is 0.161 e. The molecule has 1 aromatic heterocycles. The summed E-state index contributed by atoms with van der Waals surface area (Å²) in [5, 5.41) is 3.16. The summed E-state index contributed by atoms with van der Waals surface area (Å²) < 4.78 is 14.5. The van der Waals surface area contributed by atoms with Crippen LogP contribution in [0.1, 0.15) is 12.5 Å². The molecule has 0 unspecified atom stereocenters. The number of anilines is 1. The fourth-order valence-corrected chi connectivity index (χ4v) is 1.98. The molecule has 0 aliphatic heterocycles. The van der Waals surface area contributed by atoms with Gasteiger partial charge in [-0.05, 0) is 48.1 Å². The highest BCUT2D eigenvalue weighted by molar-refractivity contribution is 14.1. The van der Waals surface area contributed by atoms with E-state index in [1.807, 2.05) is 13.0 Å². The van der Waals surface area contributed by atoms with Gasteiger partial charge in [-0.1, -0.05) is 12.1 Å². The van der Waals surface area contributed by atoms with E-state index < -0.39 is 0 Å². The normalized spacial score (nSPS) is 10.4. The summed E-state index contributed by atoms with van der Waals surface area (Å²) in [5.74, 6) is 1.08. The molecule has 0 saturated carbocycles. The quantitative estimate of drug-likeness (QED) is 0.853. The number of aromatic nitrogens is 2. The first-order chi connectivity index (χ1) is 8.61. The van der Waals surface area contributed by atoms with Crippen molar-refractivity contribution in [2.45, 2.75) is 13.8 Å². The Kier molecular flexibility index (Phi) is 4.11. The fraction of sp³-hybridized carbons (Fsp3) is 0.231. The predicted octanol–water partition coefficient (Wildman–Crippen LogP) is 3.63. The van der Waals surface area contributed by atoms with E-state index in [0.717, 1.165) is 15.9 Å². The van der Waals surface area contributed by atoms with Crippen LogP contribution in [0.5, 0.6) is 0 Å². The Balaban J connectivity index is 2.44. The van der Waals surface area contributed by atoms with Gasteiger partial charge in [-0.15, -0.1) is 0 Å². The molecule has 1 N–H and O–H groups in total. The van der Waals surface area contributed by atoms with E-state index in [4.69, 9.17) is 0 Å². The van der Waals surface area contributed by atoms with E-state index in [2.05, 4.69) is 37.9 Å². The lowest BCUT2D eigenvalue weighted by molar-refractivity contribution is 0.619. The van der Waals surface area contributed by atoms with Crippen molar-refractivity contribution in [1.82, 2.24) is 9.97 Å². The maximum atomic E-state index is 13.5. The van der Waals surface area contributed by atoms with E-state index in [-0.39, 0.29) is 5.82 Å². The van der Waals surface area contributed by atoms with Gasteiger partial charge in [-0.3, -0.25) is 0 Å². The van der Waals surface area contributed by atoms with E-state index in [1.54, 1.807) is 19.2 Å². The highest BCUT2D eigenvalue weighted by atomic mass is 127. The largest absolute Gasteiger partial charge is 0.369 e. The fourth-order valence-electron chi connectivity index (χ4n) is 1.53. The molecule has 5 heteroatoms. The first kappa shape index (κ1) is 13.2. The lowest BCUT2D eigenvalue weighted by atomic mass is 10.1. The maximum absolute atomic E-state index is 13.5. The van der Waals surface area contributed by atoms with Crippen LogP contribution in [0.4, 0.5) is 10.2 Å². The van der Waals surface area contributed by atoms with Gasteiger partial charge in [0.05, 0.1) is 3.57 Å². The van der Waals surface area contributed by atoms with Crippen LogP contribution < -0.4 is 5.32 Å². The Morgan fingerprint density at radius 1 is 1.39 bits per heavy atom. The van der Waals surface area contributed by atoms with E-state index >= 15 is 0 Å². The van der Waals surface area contributed by atoms with Crippen LogP contribution in [0.25, 0.3) is 11.4 Å². The van der Waals surface area contributed by atoms with Crippen LogP contribution in [-0.4, -0.2) is 16.5 Å². The lowest BCUT2D eigenvalue weighted by Crippen LogP contribution is -2.03. The number of hydrogen-bond donors (Lipinski definition) is 1. The summed E-state index contributed by atoms with van der Waals surface area (Å²) in [5.41, 5.74) is 1.31. The third-order valence-corrected chi connectivity index (χ3v) is 3.31. The van der Waals surface area contributed by atoms with Crippen LogP contribution in [-0.2, 0) is 0 Å². The monoisotopic (exact) mass is 357 g/mol. The molecule has 1 heterocycles. The van der Waals surface area contributed by atoms with Gasteiger partial charge in [0.15, 0.2) is 5.82 Å². The summed E-state index contributed by atoms with van der Waals surface area (Å²) in [6.07, 6.45) is 1.73. The minimum absolute atomic E-state index is 0.236. The Labute approximate surface area is 119 Å². The second kappa shape index (κ2) is 5.60. The first-order valence-electron chi connectivity index (χ1n) is 5.64. The SMILES string of the molecule is CCNc1nc(-c2ccc(C)c(F)c2)ncc1I. The molecule has 0 amide bonds. The highest BCUT2D eigenvalue weighted by Gasteiger charge is 2.08. The van der Waals surface area contributed by atoms with Crippen LogP contribution >= 0.6 is 22.6 Å². The topological polar surface area (TPSA) is 37.8 Å². The number of hydrogen-bond acceptors (Lipinski definition) is 3. The van der Waals surface area contributed by atoms with Crippen molar-refractivity contribution < 1.29 is 4.39 Å². The first-order valence-corrected chi connectivity index (χ1v) is 6.72. The zero-order valence-electron chi connectivity index (χ0n) is 10.2. The highest BCUT2D eigenvalue weighted by Crippen LogP contribution is 2.22. The van der Waals surface area contributed by atoms with Crippen LogP contribution in [0.3, 0.4) is 0 Å². The van der Waals surface area contributed by atoms with E-state index in [1.165, 1.54) is 6.07 Å². The number of halogens is 2. The van der Waals surface area contributed by atoms with Crippen LogP contribution in [0.2, 0.25) is 0 Å². The average molecular weight is 357 g/mol. The van der Waals surface area contributed by atoms with Crippen molar-refractivity contribution in [3.05, 3.63) is 39.3 Å². The van der Waals surface area contributed by atoms with Gasteiger partial charge in [-0.2, -0.15) is 0 Å². The molecule has 0 aliphatic carbocycles. The van der Waals surface area contributed by atoms with Gasteiger partial charge in [-0.25, -0.2) is 14.4 Å². The second-order valence-corrected chi connectivity index (χ2v) is 5.05. The summed E-state index contributed by atoms with van der Waals surface area (Å²) in [6, 6.07) is 5.03. The Morgan fingerprint density at radius 2 is 2.17 bits per heavy atom. The molecule has 0 radical (unpaired) electrons. The predicted molar refractivity (Wildman–Crippen MR) is 79.0 cm³/mol. The molecule has 0 aliphatic rings. The molecular formula is C13H13FIN3. The molecule has 0 bridgehead atoms. The van der Waals surface area contributed by atoms with Gasteiger partial charge in [0.2, 0.25) is 0 Å². The van der Waals surface area contributed by atoms with Crippen molar-refractivity contribution in [2.24, 2.45) is 0 Å². The van der Waals surface area contributed by atoms with Crippen molar-refractivity contribution in [3.63, 3.8) is 0 Å². The molecule has 2 aromatic rings. The van der Waals surface area contributed by atoms with Crippen molar-refractivity contribution in [3.8, 4) is 11.4 Å². The Bertz CT molecular complexity index is 572. The molecule has 18 heavy (non-hydrogen) atoms. The average Bonchev–Trinajstić information content (AvgIpc) is 2.36. The van der Waals surface area contributed by atoms with Crippen molar-refractivity contribution in [2.75, 3.05) is 11.9 Å². The Hall–Kier alpha value is -1.24. The third-order valence-electron chi connectivity index (χ3n) is 2.52. The second-order valence-electron chi connectivity index (χ2n) is 3.88. The molecular weight excluding hydrogens is 344 g/mol. The molecule has 1 aromatic carbocycles.